The molecule has 7 nitrogen and oxygen atoms in total. The maximum Gasteiger partial charge on any atom is 0.260 e. The number of aromatic amines is 1. The highest BCUT2D eigenvalue weighted by Gasteiger charge is 2.15. The molecule has 134 valence electrons. The summed E-state index contributed by atoms with van der Waals surface area (Å²) in [5, 5.41) is 7.62. The Morgan fingerprint density at radius 1 is 1.11 bits per heavy atom. The molecule has 0 atom stereocenters. The van der Waals surface area contributed by atoms with E-state index >= 15 is 0 Å². The Balaban J connectivity index is 1.55. The van der Waals surface area contributed by atoms with Gasteiger partial charge in [-0.3, -0.25) is 9.59 Å². The minimum atomic E-state index is -0.385. The third-order valence-electron chi connectivity index (χ3n) is 3.95. The molecule has 0 aliphatic heterocycles. The lowest BCUT2D eigenvalue weighted by Crippen LogP contribution is -2.15. The number of carbonyl (C=O) groups is 1. The van der Waals surface area contributed by atoms with Crippen LogP contribution in [0, 0.1) is 5.82 Å². The standard InChI is InChI=1S/C19H13FN4O3/c20-11-5-7-12(8-6-11)22-17(25)9-16-23-19(27-24-16)15-10-21-18(26)14-4-2-1-3-13(14)15/h1-8,10H,9H2,(H,21,26)(H,22,25). The molecular weight excluding hydrogens is 351 g/mol. The first kappa shape index (κ1) is 16.6. The third kappa shape index (κ3) is 3.45. The van der Waals surface area contributed by atoms with Crippen molar-refractivity contribution in [1.29, 1.82) is 0 Å². The Labute approximate surface area is 151 Å². The van der Waals surface area contributed by atoms with Crippen LogP contribution in [0.15, 0.2) is 64.0 Å². The minimum Gasteiger partial charge on any atom is -0.334 e. The molecule has 2 aromatic carbocycles. The molecule has 0 bridgehead atoms. The zero-order valence-corrected chi connectivity index (χ0v) is 13.9. The summed E-state index contributed by atoms with van der Waals surface area (Å²) in [6.07, 6.45) is 1.39. The van der Waals surface area contributed by atoms with Gasteiger partial charge in [0.2, 0.25) is 5.91 Å². The molecule has 0 aliphatic rings. The second-order valence-corrected chi connectivity index (χ2v) is 5.82. The highest BCUT2D eigenvalue weighted by molar-refractivity contribution is 5.94. The van der Waals surface area contributed by atoms with Crippen molar-refractivity contribution in [2.45, 2.75) is 6.42 Å². The molecule has 0 radical (unpaired) electrons. The zero-order chi connectivity index (χ0) is 18.8. The van der Waals surface area contributed by atoms with Crippen LogP contribution in [-0.4, -0.2) is 21.0 Å². The van der Waals surface area contributed by atoms with E-state index in [1.807, 2.05) is 0 Å². The van der Waals surface area contributed by atoms with Crippen LogP contribution >= 0.6 is 0 Å². The fourth-order valence-corrected chi connectivity index (χ4v) is 2.70. The normalized spacial score (nSPS) is 10.9. The maximum absolute atomic E-state index is 12.9. The smallest absolute Gasteiger partial charge is 0.260 e. The molecule has 1 amide bonds. The molecule has 2 heterocycles. The topological polar surface area (TPSA) is 101 Å². The second kappa shape index (κ2) is 6.83. The number of aromatic nitrogens is 3. The van der Waals surface area contributed by atoms with Crippen LogP contribution in [0.2, 0.25) is 0 Å². The molecule has 8 heteroatoms. The molecule has 0 spiro atoms. The summed E-state index contributed by atoms with van der Waals surface area (Å²) in [7, 11) is 0. The average molecular weight is 364 g/mol. The van der Waals surface area contributed by atoms with Gasteiger partial charge in [0.25, 0.3) is 11.4 Å². The molecule has 4 aromatic rings. The Hall–Kier alpha value is -3.81. The summed E-state index contributed by atoms with van der Waals surface area (Å²) in [5.41, 5.74) is 0.826. The van der Waals surface area contributed by atoms with Crippen molar-refractivity contribution in [2.75, 3.05) is 5.32 Å². The molecule has 2 aromatic heterocycles. The lowest BCUT2D eigenvalue weighted by molar-refractivity contribution is -0.115. The monoisotopic (exact) mass is 364 g/mol. The Morgan fingerprint density at radius 2 is 1.85 bits per heavy atom. The zero-order valence-electron chi connectivity index (χ0n) is 13.9. The van der Waals surface area contributed by atoms with E-state index in [-0.39, 0.29) is 35.4 Å². The van der Waals surface area contributed by atoms with Gasteiger partial charge < -0.3 is 14.8 Å². The molecule has 4 rings (SSSR count). The number of H-pyrrole nitrogens is 1. The van der Waals surface area contributed by atoms with Gasteiger partial charge in [-0.15, -0.1) is 0 Å². The predicted octanol–water partition coefficient (Wildman–Crippen LogP) is 2.90. The Kier molecular flexibility index (Phi) is 4.21. The SMILES string of the molecule is O=C(Cc1noc(-c2c[nH]c(=O)c3ccccc23)n1)Nc1ccc(F)cc1. The van der Waals surface area contributed by atoms with Crippen LogP contribution < -0.4 is 10.9 Å². The summed E-state index contributed by atoms with van der Waals surface area (Å²) in [5.74, 6) is -0.351. The van der Waals surface area contributed by atoms with E-state index in [9.17, 15) is 14.0 Å². The number of benzene rings is 2. The van der Waals surface area contributed by atoms with Crippen molar-refractivity contribution < 1.29 is 13.7 Å². The van der Waals surface area contributed by atoms with Gasteiger partial charge in [0.1, 0.15) is 5.82 Å². The van der Waals surface area contributed by atoms with E-state index in [1.54, 1.807) is 24.3 Å². The van der Waals surface area contributed by atoms with Gasteiger partial charge in [-0.2, -0.15) is 4.98 Å². The summed E-state index contributed by atoms with van der Waals surface area (Å²) in [6.45, 7) is 0. The van der Waals surface area contributed by atoms with Gasteiger partial charge in [0.15, 0.2) is 5.82 Å². The summed E-state index contributed by atoms with van der Waals surface area (Å²) < 4.78 is 18.2. The van der Waals surface area contributed by atoms with E-state index < -0.39 is 0 Å². The van der Waals surface area contributed by atoms with Crippen LogP contribution in [0.5, 0.6) is 0 Å². The summed E-state index contributed by atoms with van der Waals surface area (Å²) in [6, 6.07) is 12.5. The third-order valence-corrected chi connectivity index (χ3v) is 3.95. The number of anilines is 1. The fourth-order valence-electron chi connectivity index (χ4n) is 2.70. The second-order valence-electron chi connectivity index (χ2n) is 5.82. The van der Waals surface area contributed by atoms with Crippen molar-refractivity contribution in [3.05, 3.63) is 76.7 Å². The maximum atomic E-state index is 12.9. The van der Waals surface area contributed by atoms with Crippen molar-refractivity contribution in [1.82, 2.24) is 15.1 Å². The molecule has 0 unspecified atom stereocenters. The van der Waals surface area contributed by atoms with E-state index in [0.29, 0.717) is 22.0 Å². The van der Waals surface area contributed by atoms with Gasteiger partial charge in [-0.05, 0) is 30.3 Å². The summed E-state index contributed by atoms with van der Waals surface area (Å²) in [4.78, 5) is 30.9. The van der Waals surface area contributed by atoms with Crippen LogP contribution in [0.25, 0.3) is 22.2 Å². The number of amides is 1. The van der Waals surface area contributed by atoms with Crippen LogP contribution in [0.3, 0.4) is 0 Å². The quantitative estimate of drug-likeness (QED) is 0.580. The number of pyridine rings is 1. The summed E-state index contributed by atoms with van der Waals surface area (Å²) >= 11 is 0. The number of fused-ring (bicyclic) bond motifs is 1. The van der Waals surface area contributed by atoms with Gasteiger partial charge in [0.05, 0.1) is 12.0 Å². The van der Waals surface area contributed by atoms with Crippen LogP contribution in [0.4, 0.5) is 10.1 Å². The first-order valence-corrected chi connectivity index (χ1v) is 8.09. The first-order valence-electron chi connectivity index (χ1n) is 8.09. The minimum absolute atomic E-state index is 0.109. The van der Waals surface area contributed by atoms with Crippen LogP contribution in [0.1, 0.15) is 5.82 Å². The van der Waals surface area contributed by atoms with Gasteiger partial charge in [-0.1, -0.05) is 23.4 Å². The van der Waals surface area contributed by atoms with E-state index in [4.69, 9.17) is 4.52 Å². The Bertz CT molecular complexity index is 1180. The lowest BCUT2D eigenvalue weighted by Gasteiger charge is -2.02. The van der Waals surface area contributed by atoms with Crippen LogP contribution in [-0.2, 0) is 11.2 Å². The Morgan fingerprint density at radius 3 is 2.63 bits per heavy atom. The van der Waals surface area contributed by atoms with Crippen molar-refractivity contribution in [2.24, 2.45) is 0 Å². The molecule has 0 aliphatic carbocycles. The highest BCUT2D eigenvalue weighted by atomic mass is 19.1. The van der Waals surface area contributed by atoms with E-state index in [2.05, 4.69) is 20.4 Å². The number of nitrogens with zero attached hydrogens (tertiary/aromatic N) is 2. The molecule has 27 heavy (non-hydrogen) atoms. The van der Waals surface area contributed by atoms with E-state index in [0.717, 1.165) is 0 Å². The highest BCUT2D eigenvalue weighted by Crippen LogP contribution is 2.24. The number of nitrogens with one attached hydrogen (secondary N) is 2. The number of hydrogen-bond acceptors (Lipinski definition) is 5. The lowest BCUT2D eigenvalue weighted by atomic mass is 10.1. The molecule has 0 saturated heterocycles. The largest absolute Gasteiger partial charge is 0.334 e. The number of hydrogen-bond donors (Lipinski definition) is 2. The molecule has 2 N–H and O–H groups in total. The fraction of sp³-hybridized carbons (Fsp3) is 0.0526. The van der Waals surface area contributed by atoms with Gasteiger partial charge in [-0.25, -0.2) is 4.39 Å². The van der Waals surface area contributed by atoms with Crippen molar-refractivity contribution in [3.63, 3.8) is 0 Å². The van der Waals surface area contributed by atoms with Gasteiger partial charge >= 0.3 is 0 Å². The van der Waals surface area contributed by atoms with Crippen molar-refractivity contribution >= 4 is 22.4 Å². The molecule has 0 fully saturated rings. The van der Waals surface area contributed by atoms with Gasteiger partial charge in [0, 0.05) is 22.7 Å². The predicted molar refractivity (Wildman–Crippen MR) is 96.6 cm³/mol. The van der Waals surface area contributed by atoms with E-state index in [1.165, 1.54) is 30.5 Å². The molecular formula is C19H13FN4O3. The first-order chi connectivity index (χ1) is 13.1. The average Bonchev–Trinajstić information content (AvgIpc) is 3.12. The number of halogens is 1. The molecule has 0 saturated carbocycles. The number of carbonyl (C=O) groups excluding carboxylic acids is 1. The number of rotatable bonds is 4. The van der Waals surface area contributed by atoms with Crippen molar-refractivity contribution in [3.8, 4) is 11.5 Å².